The van der Waals surface area contributed by atoms with Crippen LogP contribution in [0, 0.1) is 0 Å². The van der Waals surface area contributed by atoms with Crippen molar-refractivity contribution in [1.29, 1.82) is 0 Å². The zero-order valence-corrected chi connectivity index (χ0v) is 8.42. The molecule has 1 atom stereocenters. The Labute approximate surface area is 69.6 Å². The Morgan fingerprint density at radius 3 is 1.27 bits per heavy atom. The van der Waals surface area contributed by atoms with E-state index < -0.39 is 5.60 Å². The molecule has 70 valence electrons. The highest BCUT2D eigenvalue weighted by Gasteiger charge is 1.97. The van der Waals surface area contributed by atoms with Crippen molar-refractivity contribution in [2.24, 2.45) is 0 Å². The smallest absolute Gasteiger partial charge is 0.104 e. The van der Waals surface area contributed by atoms with Gasteiger partial charge in [-0.3, -0.25) is 4.90 Å². The second-order valence-corrected chi connectivity index (χ2v) is 3.77. The highest BCUT2D eigenvalue weighted by atomic mass is 16.3. The van der Waals surface area contributed by atoms with Crippen molar-refractivity contribution in [2.45, 2.75) is 39.5 Å². The number of hydrogen-bond donors (Lipinski definition) is 2. The maximum atomic E-state index is 8.56. The monoisotopic (exact) mass is 163 g/mol. The third kappa shape index (κ3) is 40.8. The van der Waals surface area contributed by atoms with Crippen molar-refractivity contribution < 1.29 is 10.2 Å². The van der Waals surface area contributed by atoms with Crippen molar-refractivity contribution in [3.05, 3.63) is 0 Å². The first-order chi connectivity index (χ1) is 4.64. The van der Waals surface area contributed by atoms with Gasteiger partial charge in [0.15, 0.2) is 0 Å². The fourth-order valence-corrected chi connectivity index (χ4v) is 0. The van der Waals surface area contributed by atoms with Crippen LogP contribution in [0.5, 0.6) is 0 Å². The molecule has 0 aromatic rings. The van der Waals surface area contributed by atoms with Crippen molar-refractivity contribution in [2.75, 3.05) is 14.1 Å². The lowest BCUT2D eigenvalue weighted by Gasteiger charge is -2.11. The molecule has 0 bridgehead atoms. The van der Waals surface area contributed by atoms with Crippen LogP contribution in [0.3, 0.4) is 0 Å². The van der Waals surface area contributed by atoms with Crippen LogP contribution in [-0.4, -0.2) is 41.0 Å². The van der Waals surface area contributed by atoms with Crippen molar-refractivity contribution in [1.82, 2.24) is 4.90 Å². The Morgan fingerprint density at radius 1 is 1.18 bits per heavy atom. The molecule has 0 fully saturated rings. The third-order valence-electron chi connectivity index (χ3n) is 0.747. The molecule has 0 saturated heterocycles. The Balaban J connectivity index is 0. The summed E-state index contributed by atoms with van der Waals surface area (Å²) in [5.41, 5.74) is -0.500. The van der Waals surface area contributed by atoms with Crippen LogP contribution in [0.15, 0.2) is 0 Å². The van der Waals surface area contributed by atoms with Crippen LogP contribution in [0.1, 0.15) is 27.7 Å². The van der Waals surface area contributed by atoms with Gasteiger partial charge in [0.2, 0.25) is 0 Å². The van der Waals surface area contributed by atoms with E-state index in [1.54, 1.807) is 32.6 Å². The topological polar surface area (TPSA) is 43.7 Å². The maximum Gasteiger partial charge on any atom is 0.104 e. The van der Waals surface area contributed by atoms with Gasteiger partial charge in [-0.15, -0.1) is 0 Å². The highest BCUT2D eigenvalue weighted by Crippen LogP contribution is 1.93. The Morgan fingerprint density at radius 2 is 1.27 bits per heavy atom. The summed E-state index contributed by atoms with van der Waals surface area (Å²) in [5, 5.41) is 17.1. The van der Waals surface area contributed by atoms with Gasteiger partial charge in [-0.25, -0.2) is 0 Å². The van der Waals surface area contributed by atoms with E-state index in [1.807, 2.05) is 14.1 Å². The minimum Gasteiger partial charge on any atom is -0.391 e. The first-order valence-electron chi connectivity index (χ1n) is 3.71. The molecule has 0 radical (unpaired) electrons. The van der Waals surface area contributed by atoms with E-state index in [0.29, 0.717) is 0 Å². The van der Waals surface area contributed by atoms with Crippen molar-refractivity contribution in [3.8, 4) is 0 Å². The zero-order valence-electron chi connectivity index (χ0n) is 8.42. The number of aliphatic hydroxyl groups excluding tert-OH is 1. The van der Waals surface area contributed by atoms with E-state index in [2.05, 4.69) is 0 Å². The lowest BCUT2D eigenvalue weighted by atomic mass is 10.2. The number of nitrogens with zero attached hydrogens (tertiary/aromatic N) is 1. The summed E-state index contributed by atoms with van der Waals surface area (Å²) in [6.07, 6.45) is -0.315. The Bertz CT molecular complexity index is 72.6. The molecule has 11 heavy (non-hydrogen) atoms. The molecule has 0 saturated carbocycles. The predicted molar refractivity (Wildman–Crippen MR) is 47.3 cm³/mol. The van der Waals surface area contributed by atoms with Gasteiger partial charge < -0.3 is 10.2 Å². The minimum absolute atomic E-state index is 0.315. The van der Waals surface area contributed by atoms with E-state index in [4.69, 9.17) is 10.2 Å². The molecular weight excluding hydrogens is 142 g/mol. The summed E-state index contributed by atoms with van der Waals surface area (Å²) in [6, 6.07) is 0. The van der Waals surface area contributed by atoms with E-state index in [9.17, 15) is 0 Å². The molecule has 0 heterocycles. The Hall–Kier alpha value is -0.120. The van der Waals surface area contributed by atoms with Crippen LogP contribution in [-0.2, 0) is 0 Å². The molecule has 0 aromatic carbocycles. The summed E-state index contributed by atoms with van der Waals surface area (Å²) in [5.74, 6) is 0. The van der Waals surface area contributed by atoms with E-state index in [0.717, 1.165) is 0 Å². The summed E-state index contributed by atoms with van der Waals surface area (Å²) in [7, 11) is 3.65. The molecular formula is C8H21NO2. The number of rotatable bonds is 1. The average Bonchev–Trinajstić information content (AvgIpc) is 1.59. The van der Waals surface area contributed by atoms with Gasteiger partial charge in [-0.05, 0) is 41.8 Å². The molecule has 0 rings (SSSR count). The van der Waals surface area contributed by atoms with Crippen LogP contribution in [0.25, 0.3) is 0 Å². The molecule has 0 aromatic heterocycles. The van der Waals surface area contributed by atoms with Crippen LogP contribution < -0.4 is 0 Å². The fraction of sp³-hybridized carbons (Fsp3) is 1.00. The maximum absolute atomic E-state index is 8.56. The standard InChI is InChI=1S/C4H11NO.C4H10O/c1-4(6)5(2)3;1-4(2,3)5/h4,6H,1-3H3;5H,1-3H3. The van der Waals surface area contributed by atoms with Gasteiger partial charge in [0, 0.05) is 0 Å². The summed E-state index contributed by atoms with van der Waals surface area (Å²) in [6.45, 7) is 6.95. The van der Waals surface area contributed by atoms with Crippen LogP contribution >= 0.6 is 0 Å². The highest BCUT2D eigenvalue weighted by molar-refractivity contribution is 4.50. The van der Waals surface area contributed by atoms with Gasteiger partial charge in [0.1, 0.15) is 6.23 Å². The number of aliphatic hydroxyl groups is 2. The number of hydrogen-bond acceptors (Lipinski definition) is 3. The second kappa shape index (κ2) is 5.52. The second-order valence-electron chi connectivity index (χ2n) is 3.77. The lowest BCUT2D eigenvalue weighted by molar-refractivity contribution is 0.0578. The largest absolute Gasteiger partial charge is 0.391 e. The van der Waals surface area contributed by atoms with Crippen molar-refractivity contribution >= 4 is 0 Å². The summed E-state index contributed by atoms with van der Waals surface area (Å²) < 4.78 is 0. The SMILES string of the molecule is CC(C)(C)O.CC(O)N(C)C. The molecule has 2 N–H and O–H groups in total. The normalized spacial score (nSPS) is 13.9. The third-order valence-corrected chi connectivity index (χ3v) is 0.747. The van der Waals surface area contributed by atoms with E-state index in [1.165, 1.54) is 0 Å². The van der Waals surface area contributed by atoms with Crippen molar-refractivity contribution in [3.63, 3.8) is 0 Å². The van der Waals surface area contributed by atoms with Gasteiger partial charge >= 0.3 is 0 Å². The summed E-state index contributed by atoms with van der Waals surface area (Å²) >= 11 is 0. The molecule has 3 heteroatoms. The van der Waals surface area contributed by atoms with Crippen LogP contribution in [0.4, 0.5) is 0 Å². The Kier molecular flexibility index (Phi) is 6.76. The zero-order chi connectivity index (χ0) is 9.65. The molecule has 0 spiro atoms. The average molecular weight is 163 g/mol. The quantitative estimate of drug-likeness (QED) is 0.558. The van der Waals surface area contributed by atoms with E-state index >= 15 is 0 Å². The molecule has 1 unspecified atom stereocenters. The molecule has 0 aliphatic heterocycles. The van der Waals surface area contributed by atoms with E-state index in [-0.39, 0.29) is 6.23 Å². The first-order valence-corrected chi connectivity index (χ1v) is 3.71. The van der Waals surface area contributed by atoms with Gasteiger partial charge in [0.25, 0.3) is 0 Å². The first kappa shape index (κ1) is 13.5. The predicted octanol–water partition coefficient (Wildman–Crippen LogP) is 0.664. The lowest BCUT2D eigenvalue weighted by Crippen LogP contribution is -2.23. The molecule has 0 aliphatic rings. The van der Waals surface area contributed by atoms with Gasteiger partial charge in [-0.2, -0.15) is 0 Å². The minimum atomic E-state index is -0.500. The van der Waals surface area contributed by atoms with Gasteiger partial charge in [0.05, 0.1) is 5.60 Å². The van der Waals surface area contributed by atoms with Crippen LogP contribution in [0.2, 0.25) is 0 Å². The summed E-state index contributed by atoms with van der Waals surface area (Å²) in [4.78, 5) is 1.72. The molecule has 0 aliphatic carbocycles. The molecule has 3 nitrogen and oxygen atoms in total. The fourth-order valence-electron chi connectivity index (χ4n) is 0. The molecule has 0 amide bonds. The van der Waals surface area contributed by atoms with Gasteiger partial charge in [-0.1, -0.05) is 0 Å².